The van der Waals surface area contributed by atoms with Gasteiger partial charge in [0.05, 0.1) is 5.38 Å². The summed E-state index contributed by atoms with van der Waals surface area (Å²) >= 11 is 12.0. The Kier molecular flexibility index (Phi) is 3.70. The van der Waals surface area contributed by atoms with Crippen LogP contribution in [0.25, 0.3) is 0 Å². The molecule has 0 fully saturated rings. The molecule has 0 nitrogen and oxygen atoms in total. The first-order chi connectivity index (χ1) is 8.08. The average molecular weight is 269 g/mol. The molecule has 0 bridgehead atoms. The molecule has 0 aromatic heterocycles. The topological polar surface area (TPSA) is 0 Å². The van der Waals surface area contributed by atoms with Crippen LogP contribution in [-0.4, -0.2) is 0 Å². The lowest BCUT2D eigenvalue weighted by molar-refractivity contribution is 0.612. The molecule has 0 aliphatic rings. The molecule has 0 N–H and O–H groups in total. The van der Waals surface area contributed by atoms with Crippen LogP contribution in [0.1, 0.15) is 22.1 Å². The third-order valence-electron chi connectivity index (χ3n) is 2.61. The Bertz CT molecular complexity index is 520. The fourth-order valence-corrected chi connectivity index (χ4v) is 2.10. The third-order valence-corrected chi connectivity index (χ3v) is 3.33. The predicted molar refractivity (Wildman–Crippen MR) is 70.3 cm³/mol. The highest BCUT2D eigenvalue weighted by atomic mass is 35.5. The second kappa shape index (κ2) is 5.07. The summed E-state index contributed by atoms with van der Waals surface area (Å²) in [6.07, 6.45) is 0. The maximum Gasteiger partial charge on any atom is 0.129 e. The number of hydrogen-bond acceptors (Lipinski definition) is 0. The van der Waals surface area contributed by atoms with E-state index in [9.17, 15) is 4.39 Å². The van der Waals surface area contributed by atoms with Gasteiger partial charge in [0, 0.05) is 10.6 Å². The van der Waals surface area contributed by atoms with Gasteiger partial charge in [0.25, 0.3) is 0 Å². The smallest absolute Gasteiger partial charge is 0.129 e. The summed E-state index contributed by atoms with van der Waals surface area (Å²) in [5.41, 5.74) is 2.47. The van der Waals surface area contributed by atoms with E-state index in [-0.39, 0.29) is 5.82 Å². The Morgan fingerprint density at radius 1 is 1.06 bits per heavy atom. The minimum Gasteiger partial charge on any atom is -0.207 e. The van der Waals surface area contributed by atoms with Crippen molar-refractivity contribution in [2.75, 3.05) is 0 Å². The first-order valence-electron chi connectivity index (χ1n) is 5.23. The van der Waals surface area contributed by atoms with Crippen molar-refractivity contribution in [1.29, 1.82) is 0 Å². The third kappa shape index (κ3) is 2.80. The van der Waals surface area contributed by atoms with E-state index in [4.69, 9.17) is 23.2 Å². The molecule has 0 saturated carbocycles. The summed E-state index contributed by atoms with van der Waals surface area (Å²) in [6.45, 7) is 2.00. The highest BCUT2D eigenvalue weighted by Crippen LogP contribution is 2.31. The number of rotatable bonds is 2. The quantitative estimate of drug-likeness (QED) is 0.664. The van der Waals surface area contributed by atoms with Crippen molar-refractivity contribution in [3.05, 3.63) is 70.0 Å². The molecule has 0 amide bonds. The van der Waals surface area contributed by atoms with Crippen LogP contribution in [0, 0.1) is 12.7 Å². The van der Waals surface area contributed by atoms with Gasteiger partial charge in [-0.05, 0) is 24.6 Å². The monoisotopic (exact) mass is 268 g/mol. The van der Waals surface area contributed by atoms with E-state index >= 15 is 0 Å². The van der Waals surface area contributed by atoms with Gasteiger partial charge in [-0.15, -0.1) is 11.6 Å². The van der Waals surface area contributed by atoms with E-state index in [0.29, 0.717) is 10.6 Å². The van der Waals surface area contributed by atoms with Crippen molar-refractivity contribution >= 4 is 23.2 Å². The fraction of sp³-hybridized carbons (Fsp3) is 0.143. The normalized spacial score (nSPS) is 12.5. The minimum atomic E-state index is -0.493. The second-order valence-corrected chi connectivity index (χ2v) is 4.81. The van der Waals surface area contributed by atoms with Gasteiger partial charge in [-0.2, -0.15) is 0 Å². The van der Waals surface area contributed by atoms with Gasteiger partial charge >= 0.3 is 0 Å². The molecule has 2 aromatic rings. The van der Waals surface area contributed by atoms with E-state index in [1.807, 2.05) is 31.2 Å². The van der Waals surface area contributed by atoms with E-state index in [1.54, 1.807) is 12.1 Å². The van der Waals surface area contributed by atoms with Crippen molar-refractivity contribution in [3.8, 4) is 0 Å². The average Bonchev–Trinajstić information content (AvgIpc) is 2.29. The van der Waals surface area contributed by atoms with Crippen molar-refractivity contribution in [2.45, 2.75) is 12.3 Å². The molecule has 0 heterocycles. The minimum absolute atomic E-state index is 0.374. The number of aryl methyl sites for hydroxylation is 1. The van der Waals surface area contributed by atoms with Crippen molar-refractivity contribution in [3.63, 3.8) is 0 Å². The lowest BCUT2D eigenvalue weighted by Crippen LogP contribution is -1.97. The van der Waals surface area contributed by atoms with Gasteiger partial charge in [0.15, 0.2) is 0 Å². The Labute approximate surface area is 110 Å². The molecule has 0 saturated heterocycles. The van der Waals surface area contributed by atoms with Gasteiger partial charge in [-0.25, -0.2) is 4.39 Å². The summed E-state index contributed by atoms with van der Waals surface area (Å²) in [4.78, 5) is 0. The molecule has 3 heteroatoms. The van der Waals surface area contributed by atoms with Crippen molar-refractivity contribution in [2.24, 2.45) is 0 Å². The van der Waals surface area contributed by atoms with Crippen LogP contribution in [0.2, 0.25) is 5.02 Å². The zero-order valence-corrected chi connectivity index (χ0v) is 10.8. The highest BCUT2D eigenvalue weighted by molar-refractivity contribution is 6.30. The van der Waals surface area contributed by atoms with Crippen LogP contribution in [0.15, 0.2) is 42.5 Å². The molecule has 0 radical (unpaired) electrons. The van der Waals surface area contributed by atoms with Gasteiger partial charge < -0.3 is 0 Å². The van der Waals surface area contributed by atoms with E-state index < -0.39 is 5.38 Å². The highest BCUT2D eigenvalue weighted by Gasteiger charge is 2.15. The zero-order chi connectivity index (χ0) is 12.4. The van der Waals surface area contributed by atoms with Crippen LogP contribution in [-0.2, 0) is 0 Å². The Hall–Kier alpha value is -1.05. The van der Waals surface area contributed by atoms with Crippen LogP contribution >= 0.6 is 23.2 Å². The van der Waals surface area contributed by atoms with Gasteiger partial charge in [0.2, 0.25) is 0 Å². The second-order valence-electron chi connectivity index (χ2n) is 3.94. The maximum absolute atomic E-state index is 13.7. The number of halogens is 3. The summed E-state index contributed by atoms with van der Waals surface area (Å²) in [5, 5.41) is -0.119. The number of benzene rings is 2. The first kappa shape index (κ1) is 12.4. The lowest BCUT2D eigenvalue weighted by Gasteiger charge is -2.11. The molecular formula is C14H11Cl2F. The predicted octanol–water partition coefficient (Wildman–Crippen LogP) is 5.12. The van der Waals surface area contributed by atoms with Crippen LogP contribution in [0.4, 0.5) is 4.39 Å². The van der Waals surface area contributed by atoms with Crippen LogP contribution in [0.5, 0.6) is 0 Å². The van der Waals surface area contributed by atoms with Gasteiger partial charge in [0.1, 0.15) is 5.82 Å². The number of alkyl halides is 1. The zero-order valence-electron chi connectivity index (χ0n) is 9.25. The lowest BCUT2D eigenvalue weighted by atomic mass is 10.0. The largest absolute Gasteiger partial charge is 0.207 e. The molecule has 0 aliphatic carbocycles. The molecule has 17 heavy (non-hydrogen) atoms. The molecule has 1 atom stereocenters. The summed E-state index contributed by atoms with van der Waals surface area (Å²) in [5.74, 6) is -0.377. The Morgan fingerprint density at radius 3 is 2.29 bits per heavy atom. The summed E-state index contributed by atoms with van der Waals surface area (Å²) in [6, 6.07) is 12.3. The summed E-state index contributed by atoms with van der Waals surface area (Å²) in [7, 11) is 0. The van der Waals surface area contributed by atoms with E-state index in [0.717, 1.165) is 11.1 Å². The fourth-order valence-electron chi connectivity index (χ4n) is 1.62. The van der Waals surface area contributed by atoms with Gasteiger partial charge in [-0.1, -0.05) is 47.5 Å². The molecule has 1 unspecified atom stereocenters. The Morgan fingerprint density at radius 2 is 1.71 bits per heavy atom. The standard InChI is InChI=1S/C14H11Cl2F/c1-9-2-4-10(5-3-9)14(16)12-7-6-11(15)8-13(12)17/h2-8,14H,1H3. The van der Waals surface area contributed by atoms with Gasteiger partial charge in [-0.3, -0.25) is 0 Å². The van der Waals surface area contributed by atoms with E-state index in [1.165, 1.54) is 6.07 Å². The van der Waals surface area contributed by atoms with Crippen LogP contribution in [0.3, 0.4) is 0 Å². The molecular weight excluding hydrogens is 258 g/mol. The molecule has 0 spiro atoms. The first-order valence-corrected chi connectivity index (χ1v) is 6.05. The molecule has 88 valence electrons. The number of hydrogen-bond donors (Lipinski definition) is 0. The summed E-state index contributed by atoms with van der Waals surface area (Å²) < 4.78 is 13.7. The molecule has 2 rings (SSSR count). The van der Waals surface area contributed by atoms with E-state index in [2.05, 4.69) is 0 Å². The molecule has 2 aromatic carbocycles. The Balaban J connectivity index is 2.36. The van der Waals surface area contributed by atoms with Crippen molar-refractivity contribution in [1.82, 2.24) is 0 Å². The van der Waals surface area contributed by atoms with Crippen molar-refractivity contribution < 1.29 is 4.39 Å². The SMILES string of the molecule is Cc1ccc(C(Cl)c2ccc(Cl)cc2F)cc1. The maximum atomic E-state index is 13.7. The van der Waals surface area contributed by atoms with Crippen LogP contribution < -0.4 is 0 Å². The molecule has 0 aliphatic heterocycles.